The van der Waals surface area contributed by atoms with Gasteiger partial charge in [0, 0.05) is 18.8 Å². The lowest BCUT2D eigenvalue weighted by atomic mass is 10.3. The molecule has 0 unspecified atom stereocenters. The maximum Gasteiger partial charge on any atom is 0.261 e. The van der Waals surface area contributed by atoms with Gasteiger partial charge >= 0.3 is 0 Å². The molecule has 27 heavy (non-hydrogen) atoms. The van der Waals surface area contributed by atoms with Crippen molar-refractivity contribution < 1.29 is 27.1 Å². The van der Waals surface area contributed by atoms with Crippen molar-refractivity contribution in [3.63, 3.8) is 0 Å². The summed E-state index contributed by atoms with van der Waals surface area (Å²) in [6, 6.07) is 10.4. The third kappa shape index (κ3) is 6.54. The fourth-order valence-electron chi connectivity index (χ4n) is 2.20. The molecule has 0 aliphatic carbocycles. The molecule has 2 aromatic carbocycles. The second-order valence-electron chi connectivity index (χ2n) is 5.80. The Hall–Kier alpha value is -2.65. The number of amides is 1. The van der Waals surface area contributed by atoms with Crippen LogP contribution in [0.3, 0.4) is 0 Å². The number of benzene rings is 2. The van der Waals surface area contributed by atoms with Crippen LogP contribution >= 0.6 is 0 Å². The summed E-state index contributed by atoms with van der Waals surface area (Å²) in [6.07, 6.45) is 0. The van der Waals surface area contributed by atoms with Gasteiger partial charge in [-0.3, -0.25) is 9.52 Å². The van der Waals surface area contributed by atoms with Crippen molar-refractivity contribution in [3.8, 4) is 5.75 Å². The van der Waals surface area contributed by atoms with Crippen LogP contribution in [0.2, 0.25) is 0 Å². The molecule has 0 radical (unpaired) electrons. The van der Waals surface area contributed by atoms with Gasteiger partial charge in [-0.05, 0) is 55.5 Å². The van der Waals surface area contributed by atoms with Gasteiger partial charge in [-0.1, -0.05) is 0 Å². The first kappa shape index (κ1) is 20.7. The summed E-state index contributed by atoms with van der Waals surface area (Å²) in [5, 5.41) is 2.70. The standard InChI is InChI=1S/C18H21FN2O5S/c1-13(11-25-2)20-18(22)12-26-16-7-9-17(10-8-16)27(23,24)21-15-5-3-14(19)4-6-15/h3-10,13,21H,11-12H2,1-2H3,(H,20,22)/t13-/m0/s1. The third-order valence-corrected chi connectivity index (χ3v) is 4.82. The molecular weight excluding hydrogens is 375 g/mol. The molecule has 9 heteroatoms. The number of anilines is 1. The van der Waals surface area contributed by atoms with Crippen LogP contribution in [0.25, 0.3) is 0 Å². The summed E-state index contributed by atoms with van der Waals surface area (Å²) < 4.78 is 50.2. The summed E-state index contributed by atoms with van der Waals surface area (Å²) in [5.41, 5.74) is 0.249. The van der Waals surface area contributed by atoms with E-state index < -0.39 is 15.8 Å². The third-order valence-electron chi connectivity index (χ3n) is 3.42. The molecule has 0 aromatic heterocycles. The monoisotopic (exact) mass is 396 g/mol. The highest BCUT2D eigenvalue weighted by molar-refractivity contribution is 7.92. The lowest BCUT2D eigenvalue weighted by Crippen LogP contribution is -2.38. The Balaban J connectivity index is 1.93. The quantitative estimate of drug-likeness (QED) is 0.677. The van der Waals surface area contributed by atoms with E-state index in [1.165, 1.54) is 36.4 Å². The van der Waals surface area contributed by atoms with Crippen molar-refractivity contribution in [1.29, 1.82) is 0 Å². The van der Waals surface area contributed by atoms with Gasteiger partial charge in [0.15, 0.2) is 6.61 Å². The SMILES string of the molecule is COC[C@H](C)NC(=O)COc1ccc(S(=O)(=O)Nc2ccc(F)cc2)cc1. The molecule has 0 aliphatic rings. The molecule has 0 aliphatic heterocycles. The molecule has 2 aromatic rings. The number of ether oxygens (including phenoxy) is 2. The predicted octanol–water partition coefficient (Wildman–Crippen LogP) is 2.16. The molecule has 0 spiro atoms. The summed E-state index contributed by atoms with van der Waals surface area (Å²) in [7, 11) is -2.28. The highest BCUT2D eigenvalue weighted by atomic mass is 32.2. The number of hydrogen-bond donors (Lipinski definition) is 2. The van der Waals surface area contributed by atoms with Crippen LogP contribution in [0.1, 0.15) is 6.92 Å². The Bertz CT molecular complexity index is 854. The molecular formula is C18H21FN2O5S. The lowest BCUT2D eigenvalue weighted by molar-refractivity contribution is -0.124. The zero-order chi connectivity index (χ0) is 19.9. The number of sulfonamides is 1. The van der Waals surface area contributed by atoms with Crippen molar-refractivity contribution in [2.45, 2.75) is 17.9 Å². The number of halogens is 1. The zero-order valence-corrected chi connectivity index (χ0v) is 15.8. The molecule has 1 atom stereocenters. The van der Waals surface area contributed by atoms with Crippen molar-refractivity contribution >= 4 is 21.6 Å². The van der Waals surface area contributed by atoms with E-state index in [1.807, 2.05) is 0 Å². The molecule has 2 rings (SSSR count). The number of nitrogens with one attached hydrogen (secondary N) is 2. The van der Waals surface area contributed by atoms with Crippen LogP contribution in [0, 0.1) is 5.82 Å². The maximum absolute atomic E-state index is 12.9. The topological polar surface area (TPSA) is 93.7 Å². The Morgan fingerprint density at radius 1 is 1.11 bits per heavy atom. The number of rotatable bonds is 9. The van der Waals surface area contributed by atoms with Gasteiger partial charge in [0.1, 0.15) is 11.6 Å². The number of carbonyl (C=O) groups excluding carboxylic acids is 1. The molecule has 0 fully saturated rings. The van der Waals surface area contributed by atoms with Crippen LogP contribution in [0.4, 0.5) is 10.1 Å². The molecule has 146 valence electrons. The van der Waals surface area contributed by atoms with E-state index in [1.54, 1.807) is 14.0 Å². The first-order valence-electron chi connectivity index (χ1n) is 8.09. The smallest absolute Gasteiger partial charge is 0.261 e. The summed E-state index contributed by atoms with van der Waals surface area (Å²) in [4.78, 5) is 11.7. The second-order valence-corrected chi connectivity index (χ2v) is 7.48. The predicted molar refractivity (Wildman–Crippen MR) is 98.6 cm³/mol. The molecule has 0 heterocycles. The lowest BCUT2D eigenvalue weighted by Gasteiger charge is -2.13. The first-order valence-corrected chi connectivity index (χ1v) is 9.58. The van der Waals surface area contributed by atoms with Crippen LogP contribution in [0.15, 0.2) is 53.4 Å². The van der Waals surface area contributed by atoms with E-state index in [0.717, 1.165) is 12.1 Å². The molecule has 7 nitrogen and oxygen atoms in total. The first-order chi connectivity index (χ1) is 12.8. The van der Waals surface area contributed by atoms with E-state index >= 15 is 0 Å². The Morgan fingerprint density at radius 3 is 2.33 bits per heavy atom. The average Bonchev–Trinajstić information content (AvgIpc) is 2.62. The van der Waals surface area contributed by atoms with Crippen LogP contribution in [0.5, 0.6) is 5.75 Å². The van der Waals surface area contributed by atoms with Gasteiger partial charge in [0.05, 0.1) is 11.5 Å². The minimum atomic E-state index is -3.82. The average molecular weight is 396 g/mol. The number of methoxy groups -OCH3 is 1. The summed E-state index contributed by atoms with van der Waals surface area (Å²) >= 11 is 0. The van der Waals surface area contributed by atoms with Crippen LogP contribution < -0.4 is 14.8 Å². The van der Waals surface area contributed by atoms with Crippen molar-refractivity contribution in [2.75, 3.05) is 25.0 Å². The largest absolute Gasteiger partial charge is 0.484 e. The molecule has 2 N–H and O–H groups in total. The van der Waals surface area contributed by atoms with Gasteiger partial charge in [0.25, 0.3) is 15.9 Å². The number of hydrogen-bond acceptors (Lipinski definition) is 5. The summed E-state index contributed by atoms with van der Waals surface area (Å²) in [5.74, 6) is -0.417. The minimum Gasteiger partial charge on any atom is -0.484 e. The fraction of sp³-hybridized carbons (Fsp3) is 0.278. The highest BCUT2D eigenvalue weighted by Gasteiger charge is 2.14. The number of carbonyl (C=O) groups is 1. The van der Waals surface area contributed by atoms with Crippen LogP contribution in [-0.4, -0.2) is 40.7 Å². The van der Waals surface area contributed by atoms with Gasteiger partial charge in [0.2, 0.25) is 0 Å². The maximum atomic E-state index is 12.9. The van der Waals surface area contributed by atoms with Gasteiger partial charge < -0.3 is 14.8 Å². The minimum absolute atomic E-state index is 0.0114. The van der Waals surface area contributed by atoms with Gasteiger partial charge in [-0.25, -0.2) is 12.8 Å². The zero-order valence-electron chi connectivity index (χ0n) is 14.9. The van der Waals surface area contributed by atoms with Crippen molar-refractivity contribution in [1.82, 2.24) is 5.32 Å². The molecule has 0 bridgehead atoms. The second kappa shape index (κ2) is 9.33. The van der Waals surface area contributed by atoms with E-state index in [4.69, 9.17) is 9.47 Å². The molecule has 0 saturated heterocycles. The fourth-order valence-corrected chi connectivity index (χ4v) is 3.26. The summed E-state index contributed by atoms with van der Waals surface area (Å²) in [6.45, 7) is 1.99. The van der Waals surface area contributed by atoms with Crippen LogP contribution in [-0.2, 0) is 19.6 Å². The van der Waals surface area contributed by atoms with E-state index in [-0.39, 0.29) is 29.1 Å². The highest BCUT2D eigenvalue weighted by Crippen LogP contribution is 2.19. The Labute approximate surface area is 157 Å². The van der Waals surface area contributed by atoms with E-state index in [2.05, 4.69) is 10.0 Å². The van der Waals surface area contributed by atoms with Crippen molar-refractivity contribution in [3.05, 3.63) is 54.3 Å². The van der Waals surface area contributed by atoms with Crippen molar-refractivity contribution in [2.24, 2.45) is 0 Å². The van der Waals surface area contributed by atoms with E-state index in [9.17, 15) is 17.6 Å². The Morgan fingerprint density at radius 2 is 1.74 bits per heavy atom. The molecule has 0 saturated carbocycles. The van der Waals surface area contributed by atoms with E-state index in [0.29, 0.717) is 12.4 Å². The van der Waals surface area contributed by atoms with Gasteiger partial charge in [-0.2, -0.15) is 0 Å². The Kier molecular flexibility index (Phi) is 7.14. The normalized spacial score (nSPS) is 12.3. The molecule has 1 amide bonds. The van der Waals surface area contributed by atoms with Gasteiger partial charge in [-0.15, -0.1) is 0 Å².